The summed E-state index contributed by atoms with van der Waals surface area (Å²) in [6, 6.07) is 7.22. The maximum absolute atomic E-state index is 14.6. The first kappa shape index (κ1) is 15.0. The lowest BCUT2D eigenvalue weighted by atomic mass is 10.3. The van der Waals surface area contributed by atoms with Crippen molar-refractivity contribution in [3.8, 4) is 0 Å². The summed E-state index contributed by atoms with van der Waals surface area (Å²) in [5.74, 6) is -0.669. The minimum Gasteiger partial charge on any atom is -0.378 e. The molecule has 1 fully saturated rings. The molecule has 116 valence electrons. The van der Waals surface area contributed by atoms with Crippen LogP contribution in [0.3, 0.4) is 0 Å². The van der Waals surface area contributed by atoms with Crippen LogP contribution >= 0.6 is 15.9 Å². The van der Waals surface area contributed by atoms with Crippen molar-refractivity contribution in [3.05, 3.63) is 44.9 Å². The fourth-order valence-electron chi connectivity index (χ4n) is 2.24. The van der Waals surface area contributed by atoms with Gasteiger partial charge in [0.05, 0.1) is 13.2 Å². The second-order valence-corrected chi connectivity index (χ2v) is 5.71. The number of H-pyrrole nitrogens is 1. The van der Waals surface area contributed by atoms with Gasteiger partial charge in [-0.2, -0.15) is 5.10 Å². The molecule has 1 aromatic carbocycles. The van der Waals surface area contributed by atoms with Crippen molar-refractivity contribution < 1.29 is 9.13 Å². The molecule has 8 heteroatoms. The number of hydrogen-bond acceptors (Lipinski definition) is 5. The van der Waals surface area contributed by atoms with E-state index in [1.54, 1.807) is 17.0 Å². The maximum atomic E-state index is 14.6. The van der Waals surface area contributed by atoms with Gasteiger partial charge in [0.25, 0.3) is 5.56 Å². The summed E-state index contributed by atoms with van der Waals surface area (Å²) in [6.07, 6.45) is 0. The van der Waals surface area contributed by atoms with Crippen molar-refractivity contribution in [1.82, 2.24) is 10.2 Å². The van der Waals surface area contributed by atoms with E-state index in [1.807, 2.05) is 12.1 Å². The molecule has 0 spiro atoms. The zero-order chi connectivity index (χ0) is 15.5. The number of aromatic nitrogens is 2. The molecule has 0 unspecified atom stereocenters. The van der Waals surface area contributed by atoms with Crippen LogP contribution in [0.2, 0.25) is 0 Å². The Hall–Kier alpha value is -1.93. The van der Waals surface area contributed by atoms with Gasteiger partial charge in [-0.15, -0.1) is 0 Å². The van der Waals surface area contributed by atoms with Crippen molar-refractivity contribution >= 4 is 33.1 Å². The number of ether oxygens (including phenoxy) is 1. The van der Waals surface area contributed by atoms with Crippen molar-refractivity contribution in [2.75, 3.05) is 36.5 Å². The van der Waals surface area contributed by atoms with E-state index >= 15 is 0 Å². The zero-order valence-electron chi connectivity index (χ0n) is 11.6. The van der Waals surface area contributed by atoms with Crippen molar-refractivity contribution in [3.63, 3.8) is 0 Å². The van der Waals surface area contributed by atoms with Crippen molar-refractivity contribution in [1.29, 1.82) is 0 Å². The Balaban J connectivity index is 1.92. The average molecular weight is 369 g/mol. The van der Waals surface area contributed by atoms with Gasteiger partial charge < -0.3 is 15.0 Å². The van der Waals surface area contributed by atoms with Crippen LogP contribution in [0, 0.1) is 5.82 Å². The minimum atomic E-state index is -0.659. The molecule has 6 nitrogen and oxygen atoms in total. The Morgan fingerprint density at radius 2 is 1.95 bits per heavy atom. The second kappa shape index (κ2) is 6.45. The molecular weight excluding hydrogens is 355 g/mol. The van der Waals surface area contributed by atoms with Gasteiger partial charge in [-0.05, 0) is 24.3 Å². The number of aromatic amines is 1. The van der Waals surface area contributed by atoms with Crippen LogP contribution in [0.5, 0.6) is 0 Å². The molecule has 2 heterocycles. The fraction of sp³-hybridized carbons (Fsp3) is 0.286. The topological polar surface area (TPSA) is 70.2 Å². The van der Waals surface area contributed by atoms with E-state index in [2.05, 4.69) is 31.4 Å². The normalized spacial score (nSPS) is 14.9. The molecule has 0 amide bonds. The standard InChI is InChI=1S/C14H14BrFN4O2/c15-9-1-3-10(4-2-9)17-13-11(16)12(14(21)19-18-13)20-5-7-22-8-6-20/h1-4H,5-8H2,(H,17,18)(H,19,21). The summed E-state index contributed by atoms with van der Waals surface area (Å²) in [5.41, 5.74) is 0.133. The Bertz CT molecular complexity index is 714. The van der Waals surface area contributed by atoms with Crippen molar-refractivity contribution in [2.24, 2.45) is 0 Å². The smallest absolute Gasteiger partial charge is 0.290 e. The zero-order valence-corrected chi connectivity index (χ0v) is 13.2. The number of morpholine rings is 1. The van der Waals surface area contributed by atoms with E-state index in [1.165, 1.54) is 0 Å². The number of nitrogens with zero attached hydrogens (tertiary/aromatic N) is 2. The third kappa shape index (κ3) is 3.12. The Morgan fingerprint density at radius 1 is 1.27 bits per heavy atom. The van der Waals surface area contributed by atoms with Gasteiger partial charge in [0.1, 0.15) is 5.69 Å². The molecule has 0 atom stereocenters. The lowest BCUT2D eigenvalue weighted by molar-refractivity contribution is 0.122. The Labute approximate surface area is 134 Å². The first-order valence-electron chi connectivity index (χ1n) is 6.78. The fourth-order valence-corrected chi connectivity index (χ4v) is 2.51. The van der Waals surface area contributed by atoms with E-state index in [9.17, 15) is 9.18 Å². The first-order valence-corrected chi connectivity index (χ1v) is 7.58. The molecule has 22 heavy (non-hydrogen) atoms. The highest BCUT2D eigenvalue weighted by molar-refractivity contribution is 9.10. The van der Waals surface area contributed by atoms with Crippen molar-refractivity contribution in [2.45, 2.75) is 0 Å². The van der Waals surface area contributed by atoms with E-state index < -0.39 is 11.4 Å². The van der Waals surface area contributed by atoms with Crippen LogP contribution in [0.1, 0.15) is 0 Å². The molecule has 1 aliphatic heterocycles. The van der Waals surface area contributed by atoms with Gasteiger partial charge in [-0.25, -0.2) is 9.49 Å². The summed E-state index contributed by atoms with van der Waals surface area (Å²) < 4.78 is 20.8. The third-order valence-electron chi connectivity index (χ3n) is 3.33. The van der Waals surface area contributed by atoms with Gasteiger partial charge in [0, 0.05) is 23.2 Å². The van der Waals surface area contributed by atoms with Gasteiger partial charge >= 0.3 is 0 Å². The van der Waals surface area contributed by atoms with Crippen LogP contribution in [0.25, 0.3) is 0 Å². The number of benzene rings is 1. The molecule has 2 N–H and O–H groups in total. The van der Waals surface area contributed by atoms with Gasteiger partial charge in [0.2, 0.25) is 0 Å². The Kier molecular flexibility index (Phi) is 4.39. The number of nitrogens with one attached hydrogen (secondary N) is 2. The van der Waals surface area contributed by atoms with Crippen LogP contribution in [0.15, 0.2) is 33.5 Å². The van der Waals surface area contributed by atoms with Crippen LogP contribution in [0.4, 0.5) is 21.6 Å². The van der Waals surface area contributed by atoms with Gasteiger partial charge in [0.15, 0.2) is 11.6 Å². The minimum absolute atomic E-state index is 0.00193. The highest BCUT2D eigenvalue weighted by Crippen LogP contribution is 2.24. The van der Waals surface area contributed by atoms with E-state index in [0.717, 1.165) is 4.47 Å². The lowest BCUT2D eigenvalue weighted by Crippen LogP contribution is -2.40. The quantitative estimate of drug-likeness (QED) is 0.869. The van der Waals surface area contributed by atoms with Crippen LogP contribution < -0.4 is 15.8 Å². The van der Waals surface area contributed by atoms with Crippen LogP contribution in [-0.2, 0) is 4.74 Å². The third-order valence-corrected chi connectivity index (χ3v) is 3.86. The predicted octanol–water partition coefficient (Wildman–Crippen LogP) is 2.25. The monoisotopic (exact) mass is 368 g/mol. The molecule has 0 aliphatic carbocycles. The molecule has 0 bridgehead atoms. The SMILES string of the molecule is O=c1[nH]nc(Nc2ccc(Br)cc2)c(F)c1N1CCOCC1. The van der Waals surface area contributed by atoms with Gasteiger partial charge in [-0.1, -0.05) is 15.9 Å². The first-order chi connectivity index (χ1) is 10.6. The predicted molar refractivity (Wildman–Crippen MR) is 85.3 cm³/mol. The lowest BCUT2D eigenvalue weighted by Gasteiger charge is -2.28. The molecule has 0 saturated carbocycles. The highest BCUT2D eigenvalue weighted by atomic mass is 79.9. The highest BCUT2D eigenvalue weighted by Gasteiger charge is 2.22. The maximum Gasteiger partial charge on any atom is 0.290 e. The van der Waals surface area contributed by atoms with Crippen LogP contribution in [-0.4, -0.2) is 36.5 Å². The summed E-state index contributed by atoms with van der Waals surface area (Å²) in [5, 5.41) is 8.97. The summed E-state index contributed by atoms with van der Waals surface area (Å²) in [6.45, 7) is 1.89. The number of hydrogen-bond donors (Lipinski definition) is 2. The number of rotatable bonds is 3. The molecule has 1 aromatic heterocycles. The van der Waals surface area contributed by atoms with E-state index in [-0.39, 0.29) is 11.5 Å². The molecule has 2 aromatic rings. The molecule has 3 rings (SSSR count). The average Bonchev–Trinajstić information content (AvgIpc) is 2.53. The summed E-state index contributed by atoms with van der Waals surface area (Å²) in [7, 11) is 0. The molecule has 1 aliphatic rings. The number of anilines is 3. The summed E-state index contributed by atoms with van der Waals surface area (Å²) in [4.78, 5) is 13.6. The van der Waals surface area contributed by atoms with E-state index in [0.29, 0.717) is 32.0 Å². The largest absolute Gasteiger partial charge is 0.378 e. The van der Waals surface area contributed by atoms with E-state index in [4.69, 9.17) is 4.74 Å². The summed E-state index contributed by atoms with van der Waals surface area (Å²) >= 11 is 3.34. The van der Waals surface area contributed by atoms with Gasteiger partial charge in [-0.3, -0.25) is 4.79 Å². The Morgan fingerprint density at radius 3 is 2.64 bits per heavy atom. The molecular formula is C14H14BrFN4O2. The number of halogens is 2. The molecule has 1 saturated heterocycles. The molecule has 0 radical (unpaired) electrons. The second-order valence-electron chi connectivity index (χ2n) is 4.80.